The Morgan fingerprint density at radius 2 is 1.93 bits per heavy atom. The molecule has 0 aliphatic carbocycles. The molecule has 2 aromatic carbocycles. The largest absolute Gasteiger partial charge is 0.486 e. The fourth-order valence-electron chi connectivity index (χ4n) is 2.42. The van der Waals surface area contributed by atoms with Crippen LogP contribution in [0.15, 0.2) is 47.4 Å². The van der Waals surface area contributed by atoms with E-state index in [1.165, 1.54) is 11.0 Å². The number of nitrogens with zero attached hydrogens (tertiary/aromatic N) is 1. The number of rotatable bonds is 4. The summed E-state index contributed by atoms with van der Waals surface area (Å²) in [6, 6.07) is 10.6. The zero-order valence-corrected chi connectivity index (χ0v) is 17.0. The summed E-state index contributed by atoms with van der Waals surface area (Å²) >= 11 is 7.26. The van der Waals surface area contributed by atoms with Gasteiger partial charge in [-0.1, -0.05) is 23.7 Å². The SMILES string of the molecule is CN(C)C(=O)Sc1ccccc1NC(=O)/C=C/c1cc(Cl)c2c(c1)OCCO2. The number of halogens is 1. The van der Waals surface area contributed by atoms with E-state index in [1.807, 2.05) is 6.07 Å². The number of hydrogen-bond acceptors (Lipinski definition) is 5. The van der Waals surface area contributed by atoms with Crippen molar-refractivity contribution >= 4 is 46.3 Å². The number of hydrogen-bond donors (Lipinski definition) is 1. The van der Waals surface area contributed by atoms with Crippen molar-refractivity contribution in [1.82, 2.24) is 4.90 Å². The number of anilines is 1. The summed E-state index contributed by atoms with van der Waals surface area (Å²) in [5.74, 6) is 0.755. The third kappa shape index (κ3) is 4.99. The molecule has 6 nitrogen and oxygen atoms in total. The zero-order valence-electron chi connectivity index (χ0n) is 15.4. The second-order valence-electron chi connectivity index (χ2n) is 6.11. The molecule has 146 valence electrons. The number of nitrogens with one attached hydrogen (secondary N) is 1. The Labute approximate surface area is 172 Å². The summed E-state index contributed by atoms with van der Waals surface area (Å²) in [4.78, 5) is 26.4. The van der Waals surface area contributed by atoms with Gasteiger partial charge in [0.2, 0.25) is 5.91 Å². The van der Waals surface area contributed by atoms with Crippen LogP contribution in [0.25, 0.3) is 6.08 Å². The van der Waals surface area contributed by atoms with Crippen LogP contribution in [0.2, 0.25) is 5.02 Å². The van der Waals surface area contributed by atoms with Crippen molar-refractivity contribution in [3.8, 4) is 11.5 Å². The number of carbonyl (C=O) groups excluding carboxylic acids is 2. The Morgan fingerprint density at radius 3 is 2.71 bits per heavy atom. The minimum Gasteiger partial charge on any atom is -0.486 e. The summed E-state index contributed by atoms with van der Waals surface area (Å²) in [7, 11) is 3.36. The molecule has 0 aromatic heterocycles. The van der Waals surface area contributed by atoms with Gasteiger partial charge in [-0.2, -0.15) is 0 Å². The average molecular weight is 419 g/mol. The first-order valence-electron chi connectivity index (χ1n) is 8.50. The molecular weight excluding hydrogens is 400 g/mol. The maximum atomic E-state index is 12.3. The molecule has 28 heavy (non-hydrogen) atoms. The van der Waals surface area contributed by atoms with E-state index in [-0.39, 0.29) is 11.1 Å². The summed E-state index contributed by atoms with van der Waals surface area (Å²) in [5.41, 5.74) is 1.28. The van der Waals surface area contributed by atoms with Crippen molar-refractivity contribution in [2.75, 3.05) is 32.6 Å². The van der Waals surface area contributed by atoms with Gasteiger partial charge < -0.3 is 19.7 Å². The van der Waals surface area contributed by atoms with Gasteiger partial charge in [0, 0.05) is 25.1 Å². The van der Waals surface area contributed by atoms with Crippen LogP contribution in [-0.2, 0) is 4.79 Å². The van der Waals surface area contributed by atoms with Crippen LogP contribution in [0.3, 0.4) is 0 Å². The van der Waals surface area contributed by atoms with Crippen LogP contribution >= 0.6 is 23.4 Å². The number of para-hydroxylation sites is 1. The summed E-state index contributed by atoms with van der Waals surface area (Å²) < 4.78 is 11.0. The van der Waals surface area contributed by atoms with Gasteiger partial charge in [0.05, 0.1) is 10.7 Å². The van der Waals surface area contributed by atoms with Crippen molar-refractivity contribution in [3.05, 3.63) is 53.1 Å². The topological polar surface area (TPSA) is 67.9 Å². The first-order chi connectivity index (χ1) is 13.4. The molecule has 0 saturated heterocycles. The molecule has 0 unspecified atom stereocenters. The van der Waals surface area contributed by atoms with Crippen LogP contribution in [0, 0.1) is 0 Å². The molecule has 1 aliphatic heterocycles. The maximum Gasteiger partial charge on any atom is 0.286 e. The summed E-state index contributed by atoms with van der Waals surface area (Å²) in [6.45, 7) is 0.912. The lowest BCUT2D eigenvalue weighted by atomic mass is 10.1. The van der Waals surface area contributed by atoms with Crippen molar-refractivity contribution in [1.29, 1.82) is 0 Å². The van der Waals surface area contributed by atoms with E-state index >= 15 is 0 Å². The highest BCUT2D eigenvalue weighted by Gasteiger charge is 2.16. The van der Waals surface area contributed by atoms with Crippen LogP contribution in [0.1, 0.15) is 5.56 Å². The highest BCUT2D eigenvalue weighted by atomic mass is 35.5. The smallest absolute Gasteiger partial charge is 0.286 e. The van der Waals surface area contributed by atoms with E-state index in [9.17, 15) is 9.59 Å². The molecule has 0 radical (unpaired) electrons. The van der Waals surface area contributed by atoms with Gasteiger partial charge in [-0.05, 0) is 47.7 Å². The van der Waals surface area contributed by atoms with E-state index < -0.39 is 0 Å². The molecule has 0 bridgehead atoms. The minimum absolute atomic E-state index is 0.122. The maximum absolute atomic E-state index is 12.3. The van der Waals surface area contributed by atoms with Gasteiger partial charge in [0.1, 0.15) is 13.2 Å². The fourth-order valence-corrected chi connectivity index (χ4v) is 3.44. The standard InChI is InChI=1S/C20H19ClN2O4S/c1-23(2)20(25)28-17-6-4-3-5-15(17)22-18(24)8-7-13-11-14(21)19-16(12-13)26-9-10-27-19/h3-8,11-12H,9-10H2,1-2H3,(H,22,24)/b8-7+. The van der Waals surface area contributed by atoms with Gasteiger partial charge in [0.25, 0.3) is 5.24 Å². The van der Waals surface area contributed by atoms with Gasteiger partial charge in [-0.25, -0.2) is 0 Å². The molecule has 1 heterocycles. The minimum atomic E-state index is -0.323. The molecule has 2 aromatic rings. The normalized spacial score (nSPS) is 12.7. The van der Waals surface area contributed by atoms with Crippen molar-refractivity contribution < 1.29 is 19.1 Å². The van der Waals surface area contributed by atoms with Crippen molar-refractivity contribution in [3.63, 3.8) is 0 Å². The van der Waals surface area contributed by atoms with Crippen LogP contribution < -0.4 is 14.8 Å². The molecular formula is C20H19ClN2O4S. The number of ether oxygens (including phenoxy) is 2. The van der Waals surface area contributed by atoms with Gasteiger partial charge in [0.15, 0.2) is 11.5 Å². The quantitative estimate of drug-likeness (QED) is 0.583. The molecule has 2 amide bonds. The first kappa shape index (κ1) is 20.1. The molecule has 3 rings (SSSR count). The Morgan fingerprint density at radius 1 is 1.18 bits per heavy atom. The van der Waals surface area contributed by atoms with E-state index in [1.54, 1.807) is 50.5 Å². The zero-order chi connectivity index (χ0) is 20.1. The predicted octanol–water partition coefficient (Wildman–Crippen LogP) is 4.54. The fraction of sp³-hybridized carbons (Fsp3) is 0.200. The monoisotopic (exact) mass is 418 g/mol. The lowest BCUT2D eigenvalue weighted by molar-refractivity contribution is -0.111. The predicted molar refractivity (Wildman–Crippen MR) is 111 cm³/mol. The molecule has 0 saturated carbocycles. The summed E-state index contributed by atoms with van der Waals surface area (Å²) in [5, 5.41) is 3.11. The third-order valence-electron chi connectivity index (χ3n) is 3.75. The highest BCUT2D eigenvalue weighted by molar-refractivity contribution is 8.13. The lowest BCUT2D eigenvalue weighted by Gasteiger charge is -2.19. The molecule has 1 aliphatic rings. The van der Waals surface area contributed by atoms with Gasteiger partial charge in [-0.3, -0.25) is 9.59 Å². The van der Waals surface area contributed by atoms with Crippen LogP contribution in [0.4, 0.5) is 10.5 Å². The van der Waals surface area contributed by atoms with E-state index in [4.69, 9.17) is 21.1 Å². The number of thioether (sulfide) groups is 1. The Kier molecular flexibility index (Phi) is 6.49. The van der Waals surface area contributed by atoms with Gasteiger partial charge >= 0.3 is 0 Å². The second kappa shape index (κ2) is 9.03. The van der Waals surface area contributed by atoms with Crippen LogP contribution in [0.5, 0.6) is 11.5 Å². The van der Waals surface area contributed by atoms with E-state index in [0.717, 1.165) is 17.3 Å². The van der Waals surface area contributed by atoms with Crippen molar-refractivity contribution in [2.45, 2.75) is 4.90 Å². The Bertz CT molecular complexity index is 930. The lowest BCUT2D eigenvalue weighted by Crippen LogP contribution is -2.16. The van der Waals surface area contributed by atoms with Crippen LogP contribution in [-0.4, -0.2) is 43.4 Å². The Balaban J connectivity index is 1.71. The molecule has 0 spiro atoms. The first-order valence-corrected chi connectivity index (χ1v) is 9.70. The molecule has 8 heteroatoms. The average Bonchev–Trinajstić information content (AvgIpc) is 2.68. The number of fused-ring (bicyclic) bond motifs is 1. The number of amides is 2. The molecule has 1 N–H and O–H groups in total. The Hall–Kier alpha value is -2.64. The third-order valence-corrected chi connectivity index (χ3v) is 5.15. The van der Waals surface area contributed by atoms with E-state index in [0.29, 0.717) is 40.3 Å². The molecule has 0 fully saturated rings. The van der Waals surface area contributed by atoms with Crippen molar-refractivity contribution in [2.24, 2.45) is 0 Å². The van der Waals surface area contributed by atoms with E-state index in [2.05, 4.69) is 5.32 Å². The summed E-state index contributed by atoms with van der Waals surface area (Å²) in [6.07, 6.45) is 3.04. The number of benzene rings is 2. The second-order valence-corrected chi connectivity index (χ2v) is 7.51. The highest BCUT2D eigenvalue weighted by Crippen LogP contribution is 2.38. The van der Waals surface area contributed by atoms with Gasteiger partial charge in [-0.15, -0.1) is 0 Å². The number of carbonyl (C=O) groups is 2. The molecule has 0 atom stereocenters.